The zero-order valence-corrected chi connectivity index (χ0v) is 17.4. The van der Waals surface area contributed by atoms with Crippen molar-refractivity contribution in [3.8, 4) is 0 Å². The molecule has 3 aromatic rings. The summed E-state index contributed by atoms with van der Waals surface area (Å²) in [5.74, 6) is 0. The van der Waals surface area contributed by atoms with Crippen molar-refractivity contribution in [3.05, 3.63) is 47.8 Å². The molecule has 3 heterocycles. The highest BCUT2D eigenvalue weighted by Gasteiger charge is 2.35. The van der Waals surface area contributed by atoms with Crippen LogP contribution >= 0.6 is 0 Å². The Bertz CT molecular complexity index is 1140. The van der Waals surface area contributed by atoms with Crippen LogP contribution in [0, 0.1) is 6.92 Å². The number of pyridine rings is 1. The predicted molar refractivity (Wildman–Crippen MR) is 110 cm³/mol. The minimum absolute atomic E-state index is 0.118. The van der Waals surface area contributed by atoms with E-state index in [4.69, 9.17) is 0 Å². The van der Waals surface area contributed by atoms with Gasteiger partial charge in [-0.2, -0.15) is 9.40 Å². The van der Waals surface area contributed by atoms with Gasteiger partial charge in [-0.05, 0) is 31.0 Å². The maximum Gasteiger partial charge on any atom is 0.245 e. The van der Waals surface area contributed by atoms with Gasteiger partial charge in [-0.25, -0.2) is 13.4 Å². The Balaban J connectivity index is 1.82. The first-order valence-corrected chi connectivity index (χ1v) is 10.9. The fourth-order valence-corrected chi connectivity index (χ4v) is 5.64. The fourth-order valence-electron chi connectivity index (χ4n) is 4.00. The van der Waals surface area contributed by atoms with Crippen molar-refractivity contribution in [1.29, 1.82) is 0 Å². The van der Waals surface area contributed by atoms with E-state index in [1.54, 1.807) is 15.1 Å². The summed E-state index contributed by atoms with van der Waals surface area (Å²) in [4.78, 5) is 6.74. The highest BCUT2D eigenvalue weighted by Crippen LogP contribution is 2.31. The van der Waals surface area contributed by atoms with Crippen LogP contribution in [0.25, 0.3) is 11.0 Å². The van der Waals surface area contributed by atoms with Crippen molar-refractivity contribution in [1.82, 2.24) is 19.1 Å². The van der Waals surface area contributed by atoms with Crippen molar-refractivity contribution in [2.45, 2.75) is 37.8 Å². The molecule has 0 saturated carbocycles. The van der Waals surface area contributed by atoms with E-state index in [9.17, 15) is 8.42 Å². The van der Waals surface area contributed by atoms with Crippen LogP contribution in [0.5, 0.6) is 0 Å². The van der Waals surface area contributed by atoms with Crippen molar-refractivity contribution in [2.75, 3.05) is 18.5 Å². The highest BCUT2D eigenvalue weighted by molar-refractivity contribution is 7.89. The zero-order valence-electron chi connectivity index (χ0n) is 16.6. The topological polar surface area (TPSA) is 71.3 Å². The minimum atomic E-state index is -3.70. The summed E-state index contributed by atoms with van der Waals surface area (Å²) in [6.45, 7) is 4.90. The molecule has 28 heavy (non-hydrogen) atoms. The molecule has 2 aromatic heterocycles. The van der Waals surface area contributed by atoms with E-state index >= 15 is 0 Å². The molecule has 0 radical (unpaired) electrons. The lowest BCUT2D eigenvalue weighted by Gasteiger charge is -2.29. The highest BCUT2D eigenvalue weighted by atomic mass is 32.2. The molecule has 1 aliphatic heterocycles. The summed E-state index contributed by atoms with van der Waals surface area (Å²) in [5, 5.41) is 5.12. The Morgan fingerprint density at radius 1 is 1.21 bits per heavy atom. The summed E-state index contributed by atoms with van der Waals surface area (Å²) in [7, 11) is 0.124. The molecule has 0 aliphatic carbocycles. The Kier molecular flexibility index (Phi) is 4.63. The molecule has 0 bridgehead atoms. The van der Waals surface area contributed by atoms with Crippen LogP contribution in [0.15, 0.2) is 41.4 Å². The van der Waals surface area contributed by atoms with Gasteiger partial charge >= 0.3 is 0 Å². The summed E-state index contributed by atoms with van der Waals surface area (Å²) in [5.41, 5.74) is 3.55. The van der Waals surface area contributed by atoms with Crippen LogP contribution in [0.2, 0.25) is 0 Å². The lowest BCUT2D eigenvalue weighted by atomic mass is 10.1. The summed E-state index contributed by atoms with van der Waals surface area (Å²) in [6, 6.07) is 9.57. The van der Waals surface area contributed by atoms with Gasteiger partial charge in [0.05, 0.1) is 5.69 Å². The Morgan fingerprint density at radius 3 is 2.71 bits per heavy atom. The Labute approximate surface area is 165 Å². The Morgan fingerprint density at radius 2 is 1.96 bits per heavy atom. The van der Waals surface area contributed by atoms with Crippen molar-refractivity contribution >= 4 is 26.7 Å². The normalized spacial score (nSPS) is 18.3. The van der Waals surface area contributed by atoms with Gasteiger partial charge in [0.15, 0.2) is 5.65 Å². The first-order chi connectivity index (χ1) is 13.3. The van der Waals surface area contributed by atoms with Gasteiger partial charge in [-0.3, -0.25) is 4.68 Å². The molecule has 1 aliphatic rings. The van der Waals surface area contributed by atoms with Gasteiger partial charge in [0.1, 0.15) is 4.90 Å². The Hall–Kier alpha value is -2.45. The number of hydrogen-bond donors (Lipinski definition) is 0. The smallest absolute Gasteiger partial charge is 0.245 e. The third kappa shape index (κ3) is 2.97. The van der Waals surface area contributed by atoms with E-state index < -0.39 is 10.0 Å². The molecular weight excluding hydrogens is 374 g/mol. The molecule has 1 atom stereocenters. The van der Waals surface area contributed by atoms with Gasteiger partial charge in [-0.1, -0.05) is 25.1 Å². The number of benzene rings is 1. The third-order valence-corrected chi connectivity index (χ3v) is 7.40. The number of aryl methyl sites for hydroxylation is 2. The van der Waals surface area contributed by atoms with Crippen LogP contribution in [0.1, 0.15) is 24.6 Å². The lowest BCUT2D eigenvalue weighted by Crippen LogP contribution is -2.43. The molecule has 0 fully saturated rings. The maximum absolute atomic E-state index is 13.6. The van der Waals surface area contributed by atoms with Crippen molar-refractivity contribution < 1.29 is 8.42 Å². The van der Waals surface area contributed by atoms with Crippen molar-refractivity contribution in [2.24, 2.45) is 7.05 Å². The monoisotopic (exact) mass is 399 g/mol. The number of nitrogens with zero attached hydrogens (tertiary/aromatic N) is 5. The minimum Gasteiger partial charge on any atom is -0.373 e. The van der Waals surface area contributed by atoms with E-state index in [0.29, 0.717) is 18.7 Å². The second-order valence-electron chi connectivity index (χ2n) is 7.37. The quantitative estimate of drug-likeness (QED) is 0.677. The average molecular weight is 400 g/mol. The molecule has 0 spiro atoms. The standard InChI is InChI=1S/C20H25N5O2S/c1-5-16-13-23(3)19-9-7-6-8-15(19)12-25(16)28(26,27)17-10-18-14(2)22-24(4)20(18)21-11-17/h6-11,16H,5,12-13H2,1-4H3/t16-/m0/s1. The van der Waals surface area contributed by atoms with Crippen LogP contribution in [-0.2, 0) is 23.6 Å². The second kappa shape index (κ2) is 6.86. The number of para-hydroxylation sites is 1. The van der Waals surface area contributed by atoms with Gasteiger partial charge < -0.3 is 4.90 Å². The molecule has 0 saturated heterocycles. The number of anilines is 1. The fraction of sp³-hybridized carbons (Fsp3) is 0.400. The number of rotatable bonds is 3. The van der Waals surface area contributed by atoms with Crippen LogP contribution in [-0.4, -0.2) is 47.1 Å². The summed E-state index contributed by atoms with van der Waals surface area (Å²) < 4.78 is 30.6. The van der Waals surface area contributed by atoms with Crippen LogP contribution in [0.4, 0.5) is 5.69 Å². The molecule has 148 valence electrons. The molecule has 7 nitrogen and oxygen atoms in total. The van der Waals surface area contributed by atoms with E-state index in [0.717, 1.165) is 28.8 Å². The zero-order chi connectivity index (χ0) is 20.1. The number of hydrogen-bond acceptors (Lipinski definition) is 5. The van der Waals surface area contributed by atoms with E-state index in [2.05, 4.69) is 15.0 Å². The SMILES string of the molecule is CC[C@H]1CN(C)c2ccccc2CN1S(=O)(=O)c1cnc2c(c1)c(C)nn2C. The number of aromatic nitrogens is 3. The molecule has 0 N–H and O–H groups in total. The van der Waals surface area contributed by atoms with Crippen LogP contribution < -0.4 is 4.90 Å². The number of likely N-dealkylation sites (N-methyl/N-ethyl adjacent to an activating group) is 1. The first kappa shape index (κ1) is 18.9. The maximum atomic E-state index is 13.6. The molecule has 8 heteroatoms. The molecule has 1 aromatic carbocycles. The molecule has 4 rings (SSSR count). The van der Waals surface area contributed by atoms with E-state index in [1.807, 2.05) is 52.2 Å². The van der Waals surface area contributed by atoms with Gasteiger partial charge in [0, 0.05) is 50.5 Å². The summed E-state index contributed by atoms with van der Waals surface area (Å²) in [6.07, 6.45) is 2.19. The largest absolute Gasteiger partial charge is 0.373 e. The van der Waals surface area contributed by atoms with E-state index in [-0.39, 0.29) is 10.9 Å². The van der Waals surface area contributed by atoms with Gasteiger partial charge in [0.2, 0.25) is 10.0 Å². The van der Waals surface area contributed by atoms with Gasteiger partial charge in [-0.15, -0.1) is 0 Å². The number of fused-ring (bicyclic) bond motifs is 2. The van der Waals surface area contributed by atoms with E-state index in [1.165, 1.54) is 6.20 Å². The predicted octanol–water partition coefficient (Wildman–Crippen LogP) is 2.70. The second-order valence-corrected chi connectivity index (χ2v) is 9.26. The first-order valence-electron chi connectivity index (χ1n) is 9.43. The summed E-state index contributed by atoms with van der Waals surface area (Å²) >= 11 is 0. The van der Waals surface area contributed by atoms with Gasteiger partial charge in [0.25, 0.3) is 0 Å². The number of sulfonamides is 1. The van der Waals surface area contributed by atoms with Crippen LogP contribution in [0.3, 0.4) is 0 Å². The molecule has 0 unspecified atom stereocenters. The lowest BCUT2D eigenvalue weighted by molar-refractivity contribution is 0.315. The third-order valence-electron chi connectivity index (χ3n) is 5.54. The average Bonchev–Trinajstić information content (AvgIpc) is 2.88. The van der Waals surface area contributed by atoms with Crippen molar-refractivity contribution in [3.63, 3.8) is 0 Å². The molecular formula is C20H25N5O2S. The molecule has 0 amide bonds.